The summed E-state index contributed by atoms with van der Waals surface area (Å²) >= 11 is 0. The van der Waals surface area contributed by atoms with Crippen LogP contribution >= 0.6 is 0 Å². The molecular weight excluding hydrogens is 402 g/mol. The Balaban J connectivity index is 1.50. The van der Waals surface area contributed by atoms with Crippen LogP contribution in [0.2, 0.25) is 0 Å². The molecule has 3 heterocycles. The van der Waals surface area contributed by atoms with Crippen LogP contribution in [-0.4, -0.2) is 27.0 Å². The average Bonchev–Trinajstić information content (AvgIpc) is 3.28. The normalized spacial score (nSPS) is 17.7. The van der Waals surface area contributed by atoms with Crippen LogP contribution < -0.4 is 0 Å². The summed E-state index contributed by atoms with van der Waals surface area (Å²) < 4.78 is 11.2. The number of carbonyl (C=O) groups is 1. The predicted octanol–water partition coefficient (Wildman–Crippen LogP) is 5.70. The van der Waals surface area contributed by atoms with Crippen molar-refractivity contribution in [2.24, 2.45) is 0 Å². The van der Waals surface area contributed by atoms with E-state index in [1.165, 1.54) is 11.1 Å². The van der Waals surface area contributed by atoms with Crippen LogP contribution in [-0.2, 0) is 6.42 Å². The molecular formula is C26H25N3O3. The van der Waals surface area contributed by atoms with E-state index in [9.17, 15) is 4.79 Å². The van der Waals surface area contributed by atoms with Gasteiger partial charge in [-0.05, 0) is 69.7 Å². The Bertz CT molecular complexity index is 1360. The first-order valence-corrected chi connectivity index (χ1v) is 11.3. The minimum Gasteiger partial charge on any atom is -0.466 e. The van der Waals surface area contributed by atoms with Crippen molar-refractivity contribution in [3.63, 3.8) is 0 Å². The average molecular weight is 428 g/mol. The molecule has 0 spiro atoms. The maximum atomic E-state index is 14.2. The third-order valence-corrected chi connectivity index (χ3v) is 6.78. The molecule has 1 saturated carbocycles. The van der Waals surface area contributed by atoms with Crippen LogP contribution in [0.1, 0.15) is 64.0 Å². The molecule has 32 heavy (non-hydrogen) atoms. The van der Waals surface area contributed by atoms with Crippen LogP contribution in [0.4, 0.5) is 0 Å². The molecule has 6 rings (SSSR count). The van der Waals surface area contributed by atoms with E-state index in [1.54, 1.807) is 0 Å². The summed E-state index contributed by atoms with van der Waals surface area (Å²) in [6.45, 7) is 5.68. The monoisotopic (exact) mass is 427 g/mol. The molecule has 162 valence electrons. The zero-order valence-electron chi connectivity index (χ0n) is 18.5. The molecule has 1 amide bonds. The summed E-state index contributed by atoms with van der Waals surface area (Å²) in [5.74, 6) is 1.61. The van der Waals surface area contributed by atoms with E-state index in [0.717, 1.165) is 42.8 Å². The summed E-state index contributed by atoms with van der Waals surface area (Å²) in [5, 5.41) is 4.83. The molecule has 0 aliphatic heterocycles. The number of fused-ring (bicyclic) bond motifs is 2. The zero-order chi connectivity index (χ0) is 22.0. The molecule has 1 atom stereocenters. The minimum atomic E-state index is 0.0343. The van der Waals surface area contributed by atoms with Crippen molar-refractivity contribution < 1.29 is 13.7 Å². The quantitative estimate of drug-likeness (QED) is 0.418. The van der Waals surface area contributed by atoms with Gasteiger partial charge in [0.2, 0.25) is 0 Å². The number of aromatic nitrogens is 2. The fourth-order valence-electron chi connectivity index (χ4n) is 5.16. The highest BCUT2D eigenvalue weighted by molar-refractivity contribution is 6.07. The summed E-state index contributed by atoms with van der Waals surface area (Å²) in [6, 6.07) is 12.7. The van der Waals surface area contributed by atoms with E-state index in [0.29, 0.717) is 28.1 Å². The molecule has 0 N–H and O–H groups in total. The second-order valence-electron chi connectivity index (χ2n) is 9.03. The van der Waals surface area contributed by atoms with Crippen molar-refractivity contribution in [2.45, 2.75) is 58.5 Å². The highest BCUT2D eigenvalue weighted by Crippen LogP contribution is 2.43. The van der Waals surface area contributed by atoms with Crippen molar-refractivity contribution in [2.75, 3.05) is 0 Å². The van der Waals surface area contributed by atoms with Crippen LogP contribution in [0.5, 0.6) is 0 Å². The summed E-state index contributed by atoms with van der Waals surface area (Å²) in [6.07, 6.45) is 4.07. The lowest BCUT2D eigenvalue weighted by molar-refractivity contribution is 0.0660. The third-order valence-electron chi connectivity index (χ3n) is 6.78. The minimum absolute atomic E-state index is 0.0343. The van der Waals surface area contributed by atoms with Gasteiger partial charge in [-0.2, -0.15) is 0 Å². The smallest absolute Gasteiger partial charge is 0.259 e. The maximum Gasteiger partial charge on any atom is 0.259 e. The number of furan rings is 1. The van der Waals surface area contributed by atoms with Gasteiger partial charge < -0.3 is 13.8 Å². The Kier molecular flexibility index (Phi) is 4.25. The number of benzene rings is 1. The van der Waals surface area contributed by atoms with Gasteiger partial charge in [-0.15, -0.1) is 0 Å². The van der Waals surface area contributed by atoms with E-state index in [4.69, 9.17) is 8.94 Å². The van der Waals surface area contributed by atoms with E-state index >= 15 is 0 Å². The van der Waals surface area contributed by atoms with Gasteiger partial charge in [0.1, 0.15) is 11.5 Å². The predicted molar refractivity (Wildman–Crippen MR) is 120 cm³/mol. The van der Waals surface area contributed by atoms with Crippen LogP contribution in [0.25, 0.3) is 22.4 Å². The fourth-order valence-corrected chi connectivity index (χ4v) is 5.16. The molecule has 6 nitrogen and oxygen atoms in total. The van der Waals surface area contributed by atoms with Gasteiger partial charge >= 0.3 is 0 Å². The van der Waals surface area contributed by atoms with Crippen molar-refractivity contribution in [1.29, 1.82) is 0 Å². The number of rotatable bonds is 4. The Morgan fingerprint density at radius 1 is 1.09 bits per heavy atom. The Morgan fingerprint density at radius 2 is 1.91 bits per heavy atom. The molecule has 2 aliphatic carbocycles. The molecule has 0 saturated heterocycles. The van der Waals surface area contributed by atoms with Crippen LogP contribution in [0.3, 0.4) is 0 Å². The second-order valence-corrected chi connectivity index (χ2v) is 9.03. The van der Waals surface area contributed by atoms with Crippen molar-refractivity contribution in [3.8, 4) is 11.3 Å². The van der Waals surface area contributed by atoms with E-state index in [1.807, 2.05) is 32.9 Å². The Labute approximate surface area is 186 Å². The first-order valence-electron chi connectivity index (χ1n) is 11.3. The molecule has 0 bridgehead atoms. The number of pyridine rings is 1. The van der Waals surface area contributed by atoms with Crippen molar-refractivity contribution in [1.82, 2.24) is 15.0 Å². The van der Waals surface area contributed by atoms with Crippen LogP contribution in [0, 0.1) is 20.8 Å². The molecule has 0 radical (unpaired) electrons. The Hall–Kier alpha value is -3.41. The van der Waals surface area contributed by atoms with E-state index in [-0.39, 0.29) is 18.0 Å². The number of aryl methyl sites for hydroxylation is 4. The van der Waals surface area contributed by atoms with Gasteiger partial charge in [0, 0.05) is 11.6 Å². The molecule has 1 fully saturated rings. The fraction of sp³-hybridized carbons (Fsp3) is 0.346. The maximum absolute atomic E-state index is 14.2. The number of hydrogen-bond acceptors (Lipinski definition) is 5. The van der Waals surface area contributed by atoms with Gasteiger partial charge in [-0.3, -0.25) is 4.79 Å². The summed E-state index contributed by atoms with van der Waals surface area (Å²) in [4.78, 5) is 21.0. The van der Waals surface area contributed by atoms with Crippen molar-refractivity contribution in [3.05, 3.63) is 70.3 Å². The molecule has 3 aromatic heterocycles. The second kappa shape index (κ2) is 7.05. The lowest BCUT2D eigenvalue weighted by Gasteiger charge is -2.30. The number of amides is 1. The molecule has 4 aromatic rings. The zero-order valence-corrected chi connectivity index (χ0v) is 18.5. The number of carbonyl (C=O) groups excluding carboxylic acids is 1. The molecule has 1 aromatic carbocycles. The SMILES string of the molecule is Cc1cc(-c2cc(C(=O)N(C3CC3)C3CCc4ccccc43)c3c(C)noc3n2)c(C)o1. The number of hydrogen-bond donors (Lipinski definition) is 0. The molecule has 1 unspecified atom stereocenters. The van der Waals surface area contributed by atoms with E-state index in [2.05, 4.69) is 39.3 Å². The van der Waals surface area contributed by atoms with Gasteiger partial charge in [0.15, 0.2) is 0 Å². The highest BCUT2D eigenvalue weighted by Gasteiger charge is 2.41. The van der Waals surface area contributed by atoms with Crippen molar-refractivity contribution >= 4 is 17.0 Å². The molecule has 6 heteroatoms. The van der Waals surface area contributed by atoms with Gasteiger partial charge in [-0.25, -0.2) is 4.98 Å². The van der Waals surface area contributed by atoms with Gasteiger partial charge in [0.05, 0.1) is 28.4 Å². The summed E-state index contributed by atoms with van der Waals surface area (Å²) in [5.41, 5.74) is 5.86. The van der Waals surface area contributed by atoms with Crippen LogP contribution in [0.15, 0.2) is 45.3 Å². The third kappa shape index (κ3) is 2.97. The Morgan fingerprint density at radius 3 is 2.66 bits per heavy atom. The van der Waals surface area contributed by atoms with E-state index < -0.39 is 0 Å². The lowest BCUT2D eigenvalue weighted by atomic mass is 10.0. The topological polar surface area (TPSA) is 72.4 Å². The molecule has 2 aliphatic rings. The highest BCUT2D eigenvalue weighted by atomic mass is 16.5. The largest absolute Gasteiger partial charge is 0.466 e. The first kappa shape index (κ1) is 19.3. The summed E-state index contributed by atoms with van der Waals surface area (Å²) in [7, 11) is 0. The standard InChI is InChI=1S/C26H25N3O3/c1-14-12-20(16(3)31-14)22-13-21(24-15(2)28-32-25(24)27-22)26(30)29(18-9-10-18)23-11-8-17-6-4-5-7-19(17)23/h4-7,12-13,18,23H,8-11H2,1-3H3. The number of nitrogens with zero attached hydrogens (tertiary/aromatic N) is 3. The van der Waals surface area contributed by atoms with Gasteiger partial charge in [-0.1, -0.05) is 29.4 Å². The van der Waals surface area contributed by atoms with Gasteiger partial charge in [0.25, 0.3) is 11.6 Å². The lowest BCUT2D eigenvalue weighted by Crippen LogP contribution is -2.36. The first-order chi connectivity index (χ1) is 15.5.